The summed E-state index contributed by atoms with van der Waals surface area (Å²) in [6, 6.07) is 6.78. The summed E-state index contributed by atoms with van der Waals surface area (Å²) in [5, 5.41) is 5.64. The van der Waals surface area contributed by atoms with E-state index >= 15 is 0 Å². The number of thiazole rings is 1. The molecular formula is C14H15N3O3S2. The van der Waals surface area contributed by atoms with Crippen LogP contribution in [0.5, 0.6) is 0 Å². The number of anilines is 2. The molecule has 0 radical (unpaired) electrons. The third-order valence-corrected chi connectivity index (χ3v) is 5.99. The molecule has 1 aliphatic heterocycles. The number of nitrogens with one attached hydrogen (secondary N) is 1. The zero-order valence-corrected chi connectivity index (χ0v) is 13.5. The fraction of sp³-hybridized carbons (Fsp3) is 0.286. The SMILES string of the molecule is CC1CN(C(=O)c2cccc(Nc3nccs3)c2)S(=O)(=O)C1. The average molecular weight is 337 g/mol. The Morgan fingerprint density at radius 2 is 2.27 bits per heavy atom. The van der Waals surface area contributed by atoms with Crippen LogP contribution in [0.2, 0.25) is 0 Å². The number of aromatic nitrogens is 1. The van der Waals surface area contributed by atoms with E-state index in [1.54, 1.807) is 30.5 Å². The van der Waals surface area contributed by atoms with Gasteiger partial charge in [-0.05, 0) is 24.1 Å². The van der Waals surface area contributed by atoms with E-state index in [-0.39, 0.29) is 18.2 Å². The quantitative estimate of drug-likeness (QED) is 0.930. The van der Waals surface area contributed by atoms with Gasteiger partial charge in [0, 0.05) is 29.4 Å². The van der Waals surface area contributed by atoms with Crippen molar-refractivity contribution in [3.8, 4) is 0 Å². The number of hydrogen-bond acceptors (Lipinski definition) is 6. The van der Waals surface area contributed by atoms with Crippen LogP contribution >= 0.6 is 11.3 Å². The van der Waals surface area contributed by atoms with Crippen molar-refractivity contribution in [3.05, 3.63) is 41.4 Å². The van der Waals surface area contributed by atoms with Crippen molar-refractivity contribution in [3.63, 3.8) is 0 Å². The largest absolute Gasteiger partial charge is 0.332 e. The molecule has 1 aliphatic rings. The molecule has 0 spiro atoms. The van der Waals surface area contributed by atoms with Gasteiger partial charge < -0.3 is 5.32 Å². The molecule has 1 aromatic carbocycles. The maximum atomic E-state index is 12.5. The second-order valence-corrected chi connectivity index (χ2v) is 8.10. The van der Waals surface area contributed by atoms with E-state index in [1.165, 1.54) is 11.3 Å². The van der Waals surface area contributed by atoms with Gasteiger partial charge in [-0.15, -0.1) is 11.3 Å². The van der Waals surface area contributed by atoms with Crippen molar-refractivity contribution in [2.75, 3.05) is 17.6 Å². The molecule has 116 valence electrons. The molecule has 2 heterocycles. The maximum Gasteiger partial charge on any atom is 0.267 e. The minimum atomic E-state index is -3.49. The minimum Gasteiger partial charge on any atom is -0.332 e. The van der Waals surface area contributed by atoms with E-state index < -0.39 is 15.9 Å². The van der Waals surface area contributed by atoms with E-state index in [9.17, 15) is 13.2 Å². The first-order valence-electron chi connectivity index (χ1n) is 6.77. The fourth-order valence-corrected chi connectivity index (χ4v) is 4.78. The van der Waals surface area contributed by atoms with Crippen molar-refractivity contribution >= 4 is 38.1 Å². The molecule has 2 aromatic rings. The minimum absolute atomic E-state index is 0.0236. The third-order valence-electron chi connectivity index (χ3n) is 3.33. The molecule has 1 saturated heterocycles. The Morgan fingerprint density at radius 1 is 1.45 bits per heavy atom. The Bertz CT molecular complexity index is 787. The molecule has 1 fully saturated rings. The molecule has 0 bridgehead atoms. The Kier molecular flexibility index (Phi) is 3.88. The van der Waals surface area contributed by atoms with Crippen LogP contribution in [0.1, 0.15) is 17.3 Å². The van der Waals surface area contributed by atoms with Crippen LogP contribution in [0.25, 0.3) is 0 Å². The fourth-order valence-electron chi connectivity index (χ4n) is 2.39. The zero-order valence-electron chi connectivity index (χ0n) is 11.9. The molecule has 3 rings (SSSR count). The highest BCUT2D eigenvalue weighted by atomic mass is 32.2. The number of nitrogens with zero attached hydrogens (tertiary/aromatic N) is 2. The predicted molar refractivity (Wildman–Crippen MR) is 85.8 cm³/mol. The first-order valence-corrected chi connectivity index (χ1v) is 9.26. The van der Waals surface area contributed by atoms with Crippen LogP contribution in [-0.4, -0.2) is 35.9 Å². The van der Waals surface area contributed by atoms with E-state index in [0.717, 1.165) is 4.31 Å². The van der Waals surface area contributed by atoms with Crippen LogP contribution in [0.3, 0.4) is 0 Å². The van der Waals surface area contributed by atoms with Crippen molar-refractivity contribution < 1.29 is 13.2 Å². The molecule has 6 nitrogen and oxygen atoms in total. The standard InChI is InChI=1S/C14H15N3O3S2/c1-10-8-17(22(19,20)9-10)13(18)11-3-2-4-12(7-11)16-14-15-5-6-21-14/h2-7,10H,8-9H2,1H3,(H,15,16). The van der Waals surface area contributed by atoms with E-state index in [2.05, 4.69) is 10.3 Å². The Balaban J connectivity index is 1.84. The summed E-state index contributed by atoms with van der Waals surface area (Å²) >= 11 is 1.44. The van der Waals surface area contributed by atoms with Gasteiger partial charge in [0.05, 0.1) is 5.75 Å². The molecule has 1 aromatic heterocycles. The molecule has 22 heavy (non-hydrogen) atoms. The summed E-state index contributed by atoms with van der Waals surface area (Å²) in [5.41, 5.74) is 1.05. The number of rotatable bonds is 3. The van der Waals surface area contributed by atoms with Crippen LogP contribution < -0.4 is 5.32 Å². The normalized spacial score (nSPS) is 20.0. The maximum absolute atomic E-state index is 12.5. The number of amides is 1. The van der Waals surface area contributed by atoms with E-state index in [4.69, 9.17) is 0 Å². The molecule has 1 atom stereocenters. The number of hydrogen-bond donors (Lipinski definition) is 1. The molecule has 1 amide bonds. The van der Waals surface area contributed by atoms with Crippen molar-refractivity contribution in [1.29, 1.82) is 0 Å². The lowest BCUT2D eigenvalue weighted by atomic mass is 10.1. The van der Waals surface area contributed by atoms with Crippen molar-refractivity contribution in [2.24, 2.45) is 5.92 Å². The van der Waals surface area contributed by atoms with Gasteiger partial charge in [-0.3, -0.25) is 4.79 Å². The van der Waals surface area contributed by atoms with Gasteiger partial charge in [0.1, 0.15) is 0 Å². The van der Waals surface area contributed by atoms with Gasteiger partial charge in [0.2, 0.25) is 10.0 Å². The Labute approximate surface area is 132 Å². The lowest BCUT2D eigenvalue weighted by Gasteiger charge is -2.15. The highest BCUT2D eigenvalue weighted by Crippen LogP contribution is 2.24. The van der Waals surface area contributed by atoms with Crippen LogP contribution in [0.15, 0.2) is 35.8 Å². The van der Waals surface area contributed by atoms with E-state index in [1.807, 2.05) is 12.3 Å². The molecule has 0 aliphatic carbocycles. The summed E-state index contributed by atoms with van der Waals surface area (Å²) in [6.07, 6.45) is 1.68. The van der Waals surface area contributed by atoms with E-state index in [0.29, 0.717) is 16.4 Å². The molecule has 8 heteroatoms. The van der Waals surface area contributed by atoms with Crippen molar-refractivity contribution in [2.45, 2.75) is 6.92 Å². The number of benzene rings is 1. The first kappa shape index (κ1) is 15.0. The zero-order chi connectivity index (χ0) is 15.7. The molecule has 1 unspecified atom stereocenters. The number of carbonyl (C=O) groups is 1. The monoisotopic (exact) mass is 337 g/mol. The van der Waals surface area contributed by atoms with Gasteiger partial charge >= 0.3 is 0 Å². The molecular weight excluding hydrogens is 322 g/mol. The Morgan fingerprint density at radius 3 is 2.91 bits per heavy atom. The predicted octanol–water partition coefficient (Wildman–Crippen LogP) is 2.31. The van der Waals surface area contributed by atoms with Gasteiger partial charge in [-0.25, -0.2) is 17.7 Å². The highest BCUT2D eigenvalue weighted by molar-refractivity contribution is 7.89. The second kappa shape index (κ2) is 5.69. The Hall–Kier alpha value is -1.93. The van der Waals surface area contributed by atoms with Crippen LogP contribution in [-0.2, 0) is 10.0 Å². The summed E-state index contributed by atoms with van der Waals surface area (Å²) in [5.74, 6) is -0.492. The molecule has 1 N–H and O–H groups in total. The smallest absolute Gasteiger partial charge is 0.267 e. The lowest BCUT2D eigenvalue weighted by molar-refractivity contribution is 0.0863. The molecule has 0 saturated carbocycles. The van der Waals surface area contributed by atoms with Gasteiger partial charge in [-0.1, -0.05) is 13.0 Å². The summed E-state index contributed by atoms with van der Waals surface area (Å²) in [6.45, 7) is 2.07. The number of carbonyl (C=O) groups excluding carboxylic acids is 1. The third kappa shape index (κ3) is 2.97. The van der Waals surface area contributed by atoms with Gasteiger partial charge in [-0.2, -0.15) is 0 Å². The summed E-state index contributed by atoms with van der Waals surface area (Å²) in [4.78, 5) is 16.6. The second-order valence-electron chi connectivity index (χ2n) is 5.26. The topological polar surface area (TPSA) is 79.4 Å². The van der Waals surface area contributed by atoms with Crippen LogP contribution in [0, 0.1) is 5.92 Å². The van der Waals surface area contributed by atoms with Crippen molar-refractivity contribution in [1.82, 2.24) is 9.29 Å². The van der Waals surface area contributed by atoms with Crippen LogP contribution in [0.4, 0.5) is 10.8 Å². The van der Waals surface area contributed by atoms with Gasteiger partial charge in [0.15, 0.2) is 5.13 Å². The lowest BCUT2D eigenvalue weighted by Crippen LogP contribution is -2.32. The number of sulfonamides is 1. The summed E-state index contributed by atoms with van der Waals surface area (Å²) in [7, 11) is -3.49. The average Bonchev–Trinajstić information content (AvgIpc) is 3.05. The van der Waals surface area contributed by atoms with Gasteiger partial charge in [0.25, 0.3) is 5.91 Å². The first-order chi connectivity index (χ1) is 10.5. The highest BCUT2D eigenvalue weighted by Gasteiger charge is 2.37. The summed E-state index contributed by atoms with van der Waals surface area (Å²) < 4.78 is 25.0.